The van der Waals surface area contributed by atoms with Crippen molar-refractivity contribution in [1.29, 1.82) is 0 Å². The second kappa shape index (κ2) is 8.61. The zero-order valence-electron chi connectivity index (χ0n) is 15.6. The molecule has 150 valence electrons. The van der Waals surface area contributed by atoms with E-state index < -0.39 is 0 Å². The van der Waals surface area contributed by atoms with Crippen molar-refractivity contribution in [3.8, 4) is 11.4 Å². The molecule has 0 saturated carbocycles. The van der Waals surface area contributed by atoms with E-state index in [1.54, 1.807) is 35.2 Å². The fourth-order valence-electron chi connectivity index (χ4n) is 3.51. The Labute approximate surface area is 172 Å². The first-order valence-electron chi connectivity index (χ1n) is 9.48. The van der Waals surface area contributed by atoms with E-state index in [1.165, 1.54) is 6.07 Å². The van der Waals surface area contributed by atoms with Crippen LogP contribution in [0.15, 0.2) is 53.1 Å². The van der Waals surface area contributed by atoms with Crippen LogP contribution in [0.1, 0.15) is 18.7 Å². The summed E-state index contributed by atoms with van der Waals surface area (Å²) in [6, 6.07) is 13.3. The quantitative estimate of drug-likeness (QED) is 0.651. The number of anilines is 1. The Morgan fingerprint density at radius 3 is 2.86 bits per heavy atom. The van der Waals surface area contributed by atoms with Gasteiger partial charge in [0.15, 0.2) is 0 Å². The SMILES string of the molecule is O=C(Nc1ccccc1Cl)N1CCC[C@H](Cc2nc(-c3ccccc3F)no2)C1. The van der Waals surface area contributed by atoms with Gasteiger partial charge in [0.2, 0.25) is 11.7 Å². The molecule has 29 heavy (non-hydrogen) atoms. The smallest absolute Gasteiger partial charge is 0.321 e. The lowest BCUT2D eigenvalue weighted by molar-refractivity contribution is 0.173. The molecular weight excluding hydrogens is 395 g/mol. The van der Waals surface area contributed by atoms with Gasteiger partial charge < -0.3 is 14.7 Å². The number of carbonyl (C=O) groups is 1. The molecule has 1 fully saturated rings. The van der Waals surface area contributed by atoms with E-state index in [1.807, 2.05) is 12.1 Å². The summed E-state index contributed by atoms with van der Waals surface area (Å²) in [7, 11) is 0. The van der Waals surface area contributed by atoms with E-state index in [4.69, 9.17) is 16.1 Å². The van der Waals surface area contributed by atoms with E-state index in [2.05, 4.69) is 15.5 Å². The van der Waals surface area contributed by atoms with Gasteiger partial charge in [-0.05, 0) is 43.0 Å². The van der Waals surface area contributed by atoms with E-state index in [-0.39, 0.29) is 23.6 Å². The summed E-state index contributed by atoms with van der Waals surface area (Å²) in [5.41, 5.74) is 0.902. The van der Waals surface area contributed by atoms with Crippen LogP contribution in [0.2, 0.25) is 5.02 Å². The Morgan fingerprint density at radius 1 is 1.24 bits per heavy atom. The van der Waals surface area contributed by atoms with Gasteiger partial charge in [0, 0.05) is 19.5 Å². The molecule has 0 bridgehead atoms. The number of nitrogens with one attached hydrogen (secondary N) is 1. The third kappa shape index (κ3) is 4.56. The van der Waals surface area contributed by atoms with Gasteiger partial charge in [0.25, 0.3) is 0 Å². The molecule has 3 aromatic rings. The molecule has 8 heteroatoms. The normalized spacial score (nSPS) is 16.6. The van der Waals surface area contributed by atoms with Crippen LogP contribution in [0.3, 0.4) is 0 Å². The van der Waals surface area contributed by atoms with Crippen LogP contribution in [0.5, 0.6) is 0 Å². The molecule has 2 heterocycles. The number of hydrogen-bond donors (Lipinski definition) is 1. The first-order chi connectivity index (χ1) is 14.1. The molecule has 1 aliphatic heterocycles. The van der Waals surface area contributed by atoms with Crippen LogP contribution in [-0.2, 0) is 6.42 Å². The van der Waals surface area contributed by atoms with Gasteiger partial charge in [-0.15, -0.1) is 0 Å². The zero-order valence-corrected chi connectivity index (χ0v) is 16.4. The molecule has 0 spiro atoms. The van der Waals surface area contributed by atoms with Crippen molar-refractivity contribution in [3.63, 3.8) is 0 Å². The van der Waals surface area contributed by atoms with Crippen molar-refractivity contribution in [2.45, 2.75) is 19.3 Å². The number of aromatic nitrogens is 2. The molecule has 0 radical (unpaired) electrons. The maximum absolute atomic E-state index is 13.9. The minimum Gasteiger partial charge on any atom is -0.339 e. The summed E-state index contributed by atoms with van der Waals surface area (Å²) < 4.78 is 19.2. The molecule has 1 aromatic heterocycles. The lowest BCUT2D eigenvalue weighted by Gasteiger charge is -2.32. The second-order valence-corrected chi connectivity index (χ2v) is 7.47. The van der Waals surface area contributed by atoms with E-state index in [0.29, 0.717) is 41.7 Å². The van der Waals surface area contributed by atoms with Gasteiger partial charge in [0.05, 0.1) is 16.3 Å². The maximum atomic E-state index is 13.9. The molecule has 2 amide bonds. The number of benzene rings is 2. The molecule has 1 N–H and O–H groups in total. The van der Waals surface area contributed by atoms with E-state index in [9.17, 15) is 9.18 Å². The van der Waals surface area contributed by atoms with Gasteiger partial charge in [-0.3, -0.25) is 0 Å². The Kier molecular flexibility index (Phi) is 5.76. The lowest BCUT2D eigenvalue weighted by Crippen LogP contribution is -2.42. The number of hydrogen-bond acceptors (Lipinski definition) is 4. The monoisotopic (exact) mass is 414 g/mol. The van der Waals surface area contributed by atoms with Crippen LogP contribution < -0.4 is 5.32 Å². The molecule has 4 rings (SSSR count). The van der Waals surface area contributed by atoms with Crippen LogP contribution in [0, 0.1) is 11.7 Å². The number of para-hydroxylation sites is 1. The zero-order chi connectivity index (χ0) is 20.2. The first-order valence-corrected chi connectivity index (χ1v) is 9.86. The standard InChI is InChI=1S/C21H20ClFN4O2/c22-16-8-2-4-10-18(16)24-21(28)27-11-5-6-14(13-27)12-19-25-20(26-29-19)15-7-1-3-9-17(15)23/h1-4,7-10,14H,5-6,11-13H2,(H,24,28)/t14-/m1/s1. The second-order valence-electron chi connectivity index (χ2n) is 7.06. The summed E-state index contributed by atoms with van der Waals surface area (Å²) in [6.45, 7) is 1.25. The number of likely N-dealkylation sites (tertiary alicyclic amines) is 1. The largest absolute Gasteiger partial charge is 0.339 e. The van der Waals surface area contributed by atoms with Crippen molar-refractivity contribution < 1.29 is 13.7 Å². The van der Waals surface area contributed by atoms with E-state index in [0.717, 1.165) is 12.8 Å². The molecule has 1 saturated heterocycles. The third-order valence-electron chi connectivity index (χ3n) is 4.97. The highest BCUT2D eigenvalue weighted by atomic mass is 35.5. The van der Waals surface area contributed by atoms with Crippen molar-refractivity contribution in [2.75, 3.05) is 18.4 Å². The fraction of sp³-hybridized carbons (Fsp3) is 0.286. The van der Waals surface area contributed by atoms with Crippen molar-refractivity contribution in [1.82, 2.24) is 15.0 Å². The Balaban J connectivity index is 1.39. The topological polar surface area (TPSA) is 71.3 Å². The van der Waals surface area contributed by atoms with Crippen LogP contribution in [0.25, 0.3) is 11.4 Å². The average Bonchev–Trinajstić information content (AvgIpc) is 3.18. The molecule has 1 atom stereocenters. The highest BCUT2D eigenvalue weighted by Gasteiger charge is 2.26. The fourth-order valence-corrected chi connectivity index (χ4v) is 3.69. The van der Waals surface area contributed by atoms with Crippen molar-refractivity contribution >= 4 is 23.3 Å². The number of piperidine rings is 1. The van der Waals surface area contributed by atoms with Gasteiger partial charge in [-0.25, -0.2) is 9.18 Å². The highest BCUT2D eigenvalue weighted by molar-refractivity contribution is 6.33. The number of rotatable bonds is 4. The predicted octanol–water partition coefficient (Wildman–Crippen LogP) is 5.02. The Morgan fingerprint density at radius 2 is 2.03 bits per heavy atom. The lowest BCUT2D eigenvalue weighted by atomic mass is 9.95. The summed E-state index contributed by atoms with van der Waals surface area (Å²) in [5, 5.41) is 7.26. The molecule has 2 aromatic carbocycles. The molecule has 1 aliphatic rings. The molecule has 6 nitrogen and oxygen atoms in total. The van der Waals surface area contributed by atoms with Gasteiger partial charge >= 0.3 is 6.03 Å². The summed E-state index contributed by atoms with van der Waals surface area (Å²) in [6.07, 6.45) is 2.37. The van der Waals surface area contributed by atoms with Crippen LogP contribution >= 0.6 is 11.6 Å². The average molecular weight is 415 g/mol. The van der Waals surface area contributed by atoms with Gasteiger partial charge in [-0.2, -0.15) is 4.98 Å². The highest BCUT2D eigenvalue weighted by Crippen LogP contribution is 2.25. The number of halogens is 2. The Bertz CT molecular complexity index is 1010. The molecule has 0 aliphatic carbocycles. The number of urea groups is 1. The Hall–Kier alpha value is -2.93. The van der Waals surface area contributed by atoms with Crippen LogP contribution in [0.4, 0.5) is 14.9 Å². The maximum Gasteiger partial charge on any atom is 0.321 e. The summed E-state index contributed by atoms with van der Waals surface area (Å²) >= 11 is 6.12. The third-order valence-corrected chi connectivity index (χ3v) is 5.30. The number of nitrogens with zero attached hydrogens (tertiary/aromatic N) is 3. The predicted molar refractivity (Wildman–Crippen MR) is 108 cm³/mol. The van der Waals surface area contributed by atoms with Crippen molar-refractivity contribution in [2.24, 2.45) is 5.92 Å². The first kappa shape index (κ1) is 19.4. The van der Waals surface area contributed by atoms with Gasteiger partial charge in [0.1, 0.15) is 5.82 Å². The van der Waals surface area contributed by atoms with Crippen molar-refractivity contribution in [3.05, 3.63) is 65.3 Å². The van der Waals surface area contributed by atoms with E-state index >= 15 is 0 Å². The number of amides is 2. The minimum atomic E-state index is -0.389. The molecular formula is C21H20ClFN4O2. The summed E-state index contributed by atoms with van der Waals surface area (Å²) in [5.74, 6) is 0.485. The molecule has 0 unspecified atom stereocenters. The minimum absolute atomic E-state index is 0.180. The van der Waals surface area contributed by atoms with Gasteiger partial charge in [-0.1, -0.05) is 41.0 Å². The summed E-state index contributed by atoms with van der Waals surface area (Å²) in [4.78, 5) is 18.7. The number of carbonyl (C=O) groups excluding carboxylic acids is 1. The van der Waals surface area contributed by atoms with Crippen LogP contribution in [-0.4, -0.2) is 34.2 Å².